The Morgan fingerprint density at radius 1 is 0.897 bits per heavy atom. The lowest BCUT2D eigenvalue weighted by molar-refractivity contribution is -0.137. The van der Waals surface area contributed by atoms with E-state index >= 15 is 0 Å². The van der Waals surface area contributed by atoms with Gasteiger partial charge in [-0.3, -0.25) is 0 Å². The van der Waals surface area contributed by atoms with E-state index in [0.29, 0.717) is 17.2 Å². The van der Waals surface area contributed by atoms with E-state index < -0.39 is 27.8 Å². The van der Waals surface area contributed by atoms with Crippen LogP contribution in [-0.2, 0) is 16.2 Å². The normalized spacial score (nSPS) is 11.5. The number of urea groups is 1. The first-order valence-electron chi connectivity index (χ1n) is 11.2. The molecule has 0 aliphatic carbocycles. The molecule has 0 unspecified atom stereocenters. The van der Waals surface area contributed by atoms with Crippen LogP contribution in [0.3, 0.4) is 0 Å². The van der Waals surface area contributed by atoms with Crippen molar-refractivity contribution < 1.29 is 26.4 Å². The molecular formula is C25H22F3N7O3S. The van der Waals surface area contributed by atoms with Crippen LogP contribution in [0.5, 0.6) is 0 Å². The molecule has 1 heterocycles. The van der Waals surface area contributed by atoms with E-state index in [2.05, 4.69) is 25.9 Å². The van der Waals surface area contributed by atoms with Gasteiger partial charge in [-0.15, -0.1) is 0 Å². The molecule has 0 radical (unpaired) electrons. The van der Waals surface area contributed by atoms with Crippen LogP contribution in [0.15, 0.2) is 90.0 Å². The molecular weight excluding hydrogens is 535 g/mol. The predicted octanol–water partition coefficient (Wildman–Crippen LogP) is 5.30. The van der Waals surface area contributed by atoms with Gasteiger partial charge in [0.2, 0.25) is 16.0 Å². The van der Waals surface area contributed by atoms with Crippen LogP contribution in [0.4, 0.5) is 52.5 Å². The maximum atomic E-state index is 12.7. The number of aromatic nitrogens is 2. The Morgan fingerprint density at radius 2 is 1.51 bits per heavy atom. The fraction of sp³-hybridized carbons (Fsp3) is 0.0800. The summed E-state index contributed by atoms with van der Waals surface area (Å²) in [6, 6.07) is 17.9. The monoisotopic (exact) mass is 557 g/mol. The number of hydrogen-bond donors (Lipinski definition) is 4. The van der Waals surface area contributed by atoms with E-state index in [-0.39, 0.29) is 16.5 Å². The van der Waals surface area contributed by atoms with Gasteiger partial charge in [0.25, 0.3) is 0 Å². The van der Waals surface area contributed by atoms with Crippen LogP contribution in [0.25, 0.3) is 0 Å². The van der Waals surface area contributed by atoms with Crippen LogP contribution >= 0.6 is 0 Å². The van der Waals surface area contributed by atoms with E-state index in [1.807, 2.05) is 0 Å². The van der Waals surface area contributed by atoms with Gasteiger partial charge in [0.1, 0.15) is 5.82 Å². The molecule has 202 valence electrons. The van der Waals surface area contributed by atoms with Crippen molar-refractivity contribution in [2.75, 3.05) is 27.9 Å². The predicted molar refractivity (Wildman–Crippen MR) is 142 cm³/mol. The third-order valence-corrected chi connectivity index (χ3v) is 6.30. The molecule has 14 heteroatoms. The zero-order valence-corrected chi connectivity index (χ0v) is 21.1. The number of hydrogen-bond acceptors (Lipinski definition) is 7. The number of nitrogens with zero attached hydrogens (tertiary/aromatic N) is 3. The average Bonchev–Trinajstić information content (AvgIpc) is 2.88. The van der Waals surface area contributed by atoms with Crippen molar-refractivity contribution in [3.8, 4) is 0 Å². The molecule has 0 bridgehead atoms. The lowest BCUT2D eigenvalue weighted by Gasteiger charge is -2.19. The number of halogens is 3. The second-order valence-corrected chi connectivity index (χ2v) is 9.76. The summed E-state index contributed by atoms with van der Waals surface area (Å²) in [4.78, 5) is 22.6. The number of nitrogens with one attached hydrogen (secondary N) is 3. The van der Waals surface area contributed by atoms with Gasteiger partial charge >= 0.3 is 12.2 Å². The standard InChI is InChI=1S/C25H22F3N7O3S/c1-35(22-13-14-30-23(34-22)31-19-3-2-4-21(15-19)39(29,37)38)20-11-9-18(10-12-20)33-24(36)32-17-7-5-16(6-8-17)25(26,27)28/h2-15H,1H3,(H2,29,37,38)(H,30,31,34)(H2,32,33,36). The highest BCUT2D eigenvalue weighted by atomic mass is 32.2. The van der Waals surface area contributed by atoms with Crippen molar-refractivity contribution in [3.05, 3.63) is 90.6 Å². The van der Waals surface area contributed by atoms with Crippen LogP contribution in [0.1, 0.15) is 5.56 Å². The molecule has 5 N–H and O–H groups in total. The highest BCUT2D eigenvalue weighted by Crippen LogP contribution is 2.30. The quantitative estimate of drug-likeness (QED) is 0.242. The number of primary sulfonamides is 1. The Bertz CT molecular complexity index is 1580. The first kappa shape index (κ1) is 27.3. The summed E-state index contributed by atoms with van der Waals surface area (Å²) in [6.07, 6.45) is -2.92. The van der Waals surface area contributed by atoms with Gasteiger partial charge in [-0.05, 0) is 72.8 Å². The molecule has 0 atom stereocenters. The van der Waals surface area contributed by atoms with Crippen molar-refractivity contribution >= 4 is 50.6 Å². The van der Waals surface area contributed by atoms with Crippen LogP contribution in [0.2, 0.25) is 0 Å². The maximum absolute atomic E-state index is 12.7. The lowest BCUT2D eigenvalue weighted by atomic mass is 10.2. The number of carbonyl (C=O) groups is 1. The number of anilines is 6. The Kier molecular flexibility index (Phi) is 7.69. The van der Waals surface area contributed by atoms with Crippen molar-refractivity contribution in [2.45, 2.75) is 11.1 Å². The van der Waals surface area contributed by atoms with Crippen LogP contribution in [0, 0.1) is 0 Å². The Hall–Kier alpha value is -4.69. The van der Waals surface area contributed by atoms with Gasteiger partial charge in [-0.25, -0.2) is 23.3 Å². The minimum Gasteiger partial charge on any atom is -0.329 e. The average molecular weight is 558 g/mol. The third-order valence-electron chi connectivity index (χ3n) is 5.39. The van der Waals surface area contributed by atoms with E-state index in [1.54, 1.807) is 48.3 Å². The Labute approximate surface area is 221 Å². The Balaban J connectivity index is 1.39. The molecule has 2 amide bonds. The zero-order valence-electron chi connectivity index (χ0n) is 20.3. The van der Waals surface area contributed by atoms with Gasteiger partial charge in [-0.2, -0.15) is 18.2 Å². The molecule has 0 fully saturated rings. The van der Waals surface area contributed by atoms with Crippen molar-refractivity contribution in [1.82, 2.24) is 9.97 Å². The van der Waals surface area contributed by atoms with Crippen LogP contribution in [-0.4, -0.2) is 31.5 Å². The molecule has 4 aromatic rings. The summed E-state index contributed by atoms with van der Waals surface area (Å²) in [7, 11) is -2.09. The fourth-order valence-corrected chi connectivity index (χ4v) is 3.97. The number of rotatable bonds is 7. The van der Waals surface area contributed by atoms with Crippen molar-refractivity contribution in [1.29, 1.82) is 0 Å². The number of nitrogens with two attached hydrogens (primary N) is 1. The third kappa shape index (κ3) is 7.21. The molecule has 0 saturated carbocycles. The Morgan fingerprint density at radius 3 is 2.10 bits per heavy atom. The van der Waals surface area contributed by atoms with Crippen molar-refractivity contribution in [2.24, 2.45) is 5.14 Å². The van der Waals surface area contributed by atoms with Crippen molar-refractivity contribution in [3.63, 3.8) is 0 Å². The van der Waals surface area contributed by atoms with E-state index in [9.17, 15) is 26.4 Å². The largest absolute Gasteiger partial charge is 0.416 e. The number of alkyl halides is 3. The molecule has 0 aliphatic heterocycles. The molecule has 1 aromatic heterocycles. The highest BCUT2D eigenvalue weighted by Gasteiger charge is 2.30. The number of amides is 2. The minimum atomic E-state index is -4.46. The van der Waals surface area contributed by atoms with Gasteiger partial charge in [0.15, 0.2) is 0 Å². The summed E-state index contributed by atoms with van der Waals surface area (Å²) in [5.41, 5.74) is 1.02. The molecule has 0 spiro atoms. The van der Waals surface area contributed by atoms with Crippen LogP contribution < -0.4 is 26.0 Å². The molecule has 0 saturated heterocycles. The van der Waals surface area contributed by atoms with Gasteiger partial charge in [-0.1, -0.05) is 6.07 Å². The number of sulfonamides is 1. The summed E-state index contributed by atoms with van der Waals surface area (Å²) in [5.74, 6) is 0.750. The van der Waals surface area contributed by atoms with E-state index in [1.165, 1.54) is 36.5 Å². The molecule has 39 heavy (non-hydrogen) atoms. The SMILES string of the molecule is CN(c1ccc(NC(=O)Nc2ccc(C(F)(F)F)cc2)cc1)c1ccnc(Nc2cccc(S(N)(=O)=O)c2)n1. The molecule has 3 aromatic carbocycles. The number of carbonyl (C=O) groups excluding carboxylic acids is 1. The summed E-state index contributed by atoms with van der Waals surface area (Å²) < 4.78 is 61.3. The second-order valence-electron chi connectivity index (χ2n) is 8.20. The molecule has 4 rings (SSSR count). The molecule has 10 nitrogen and oxygen atoms in total. The fourth-order valence-electron chi connectivity index (χ4n) is 3.41. The highest BCUT2D eigenvalue weighted by molar-refractivity contribution is 7.89. The second kappa shape index (κ2) is 11.0. The summed E-state index contributed by atoms with van der Waals surface area (Å²) in [5, 5.41) is 13.2. The summed E-state index contributed by atoms with van der Waals surface area (Å²) in [6.45, 7) is 0. The topological polar surface area (TPSA) is 142 Å². The van der Waals surface area contributed by atoms with Gasteiger partial charge in [0.05, 0.1) is 10.5 Å². The van der Waals surface area contributed by atoms with Gasteiger partial charge in [0, 0.05) is 36.0 Å². The first-order valence-corrected chi connectivity index (χ1v) is 12.8. The molecule has 0 aliphatic rings. The minimum absolute atomic E-state index is 0.0532. The maximum Gasteiger partial charge on any atom is 0.416 e. The zero-order chi connectivity index (χ0) is 28.2. The number of benzene rings is 3. The smallest absolute Gasteiger partial charge is 0.329 e. The van der Waals surface area contributed by atoms with E-state index in [4.69, 9.17) is 5.14 Å². The first-order chi connectivity index (χ1) is 18.4. The van der Waals surface area contributed by atoms with E-state index in [0.717, 1.165) is 17.8 Å². The van der Waals surface area contributed by atoms with Gasteiger partial charge < -0.3 is 20.9 Å². The lowest BCUT2D eigenvalue weighted by Crippen LogP contribution is -2.19. The summed E-state index contributed by atoms with van der Waals surface area (Å²) >= 11 is 0.